The number of aliphatic hydroxyl groups is 1. The molecule has 0 radical (unpaired) electrons. The molecule has 1 amide bonds. The maximum Gasteiger partial charge on any atom is 0.338 e. The Balaban J connectivity index is 1.86. The molecule has 3 aromatic rings. The Morgan fingerprint density at radius 3 is 2.30 bits per heavy atom. The van der Waals surface area contributed by atoms with Gasteiger partial charge in [0, 0.05) is 11.8 Å². The number of carbonyl (C=O) groups is 3. The van der Waals surface area contributed by atoms with Crippen LogP contribution >= 0.6 is 0 Å². The zero-order valence-electron chi connectivity index (χ0n) is 23.1. The maximum atomic E-state index is 13.6. The zero-order chi connectivity index (χ0) is 28.8. The molecule has 208 valence electrons. The summed E-state index contributed by atoms with van der Waals surface area (Å²) in [6.07, 6.45) is 0.699. The number of aliphatic hydroxyl groups excluding tert-OH is 1. The molecule has 1 atom stereocenters. The van der Waals surface area contributed by atoms with Crippen LogP contribution in [0.15, 0.2) is 72.3 Å². The number of anilines is 1. The first-order valence-corrected chi connectivity index (χ1v) is 13.3. The molecule has 4 rings (SSSR count). The van der Waals surface area contributed by atoms with Crippen LogP contribution < -0.4 is 14.4 Å². The van der Waals surface area contributed by atoms with Gasteiger partial charge in [-0.15, -0.1) is 0 Å². The van der Waals surface area contributed by atoms with Gasteiger partial charge in [0.15, 0.2) is 0 Å². The molecule has 0 aromatic heterocycles. The topological polar surface area (TPSA) is 102 Å². The second kappa shape index (κ2) is 12.5. The molecule has 40 heavy (non-hydrogen) atoms. The van der Waals surface area contributed by atoms with Gasteiger partial charge in [0.2, 0.25) is 0 Å². The number of benzene rings is 3. The average molecular weight is 544 g/mol. The van der Waals surface area contributed by atoms with E-state index in [1.807, 2.05) is 52.0 Å². The second-order valence-corrected chi connectivity index (χ2v) is 9.29. The molecule has 1 heterocycles. The van der Waals surface area contributed by atoms with Crippen LogP contribution in [0.5, 0.6) is 11.5 Å². The largest absolute Gasteiger partial charge is 0.507 e. The van der Waals surface area contributed by atoms with Crippen molar-refractivity contribution in [3.05, 3.63) is 94.6 Å². The van der Waals surface area contributed by atoms with Gasteiger partial charge in [0.1, 0.15) is 17.3 Å². The Morgan fingerprint density at radius 2 is 1.65 bits per heavy atom. The van der Waals surface area contributed by atoms with E-state index in [1.54, 1.807) is 42.5 Å². The van der Waals surface area contributed by atoms with Gasteiger partial charge in [-0.25, -0.2) is 4.79 Å². The van der Waals surface area contributed by atoms with Gasteiger partial charge in [-0.05, 0) is 69.2 Å². The summed E-state index contributed by atoms with van der Waals surface area (Å²) in [6, 6.07) is 17.7. The van der Waals surface area contributed by atoms with Gasteiger partial charge in [-0.2, -0.15) is 0 Å². The first kappa shape index (κ1) is 28.4. The number of esters is 1. The van der Waals surface area contributed by atoms with Crippen LogP contribution in [0.3, 0.4) is 0 Å². The number of rotatable bonds is 10. The number of aryl methyl sites for hydroxylation is 1. The third-order valence-electron chi connectivity index (χ3n) is 6.44. The smallest absolute Gasteiger partial charge is 0.338 e. The number of Topliss-reactive ketones (excluding diaryl/α,β-unsaturated/α-hetero) is 1. The van der Waals surface area contributed by atoms with Crippen LogP contribution in [0.25, 0.3) is 5.76 Å². The maximum absolute atomic E-state index is 13.6. The van der Waals surface area contributed by atoms with Crippen LogP contribution in [0.4, 0.5) is 5.69 Å². The van der Waals surface area contributed by atoms with E-state index in [4.69, 9.17) is 14.2 Å². The molecule has 8 nitrogen and oxygen atoms in total. The van der Waals surface area contributed by atoms with E-state index in [2.05, 4.69) is 0 Å². The van der Waals surface area contributed by atoms with Crippen molar-refractivity contribution in [3.8, 4) is 11.5 Å². The molecular weight excluding hydrogens is 510 g/mol. The summed E-state index contributed by atoms with van der Waals surface area (Å²) in [6.45, 7) is 8.55. The Kier molecular flexibility index (Phi) is 8.89. The number of ether oxygens (including phenoxy) is 3. The average Bonchev–Trinajstić information content (AvgIpc) is 3.22. The first-order chi connectivity index (χ1) is 19.3. The fourth-order valence-electron chi connectivity index (χ4n) is 4.67. The van der Waals surface area contributed by atoms with Gasteiger partial charge in [0.25, 0.3) is 11.7 Å². The third-order valence-corrected chi connectivity index (χ3v) is 6.44. The standard InChI is InChI=1S/C32H33NO7/c1-5-17-40-32(37)21-11-13-23(14-12-21)33-28(22-10-8-9-20(4)18-22)27(30(35)31(33)36)29(34)25-16-15-24(38-6-2)19-26(25)39-7-3/h8-16,18-19,28,34H,5-7,17H2,1-4H3/b29-27-. The molecule has 1 aliphatic rings. The molecule has 8 heteroatoms. The molecule has 0 bridgehead atoms. The zero-order valence-corrected chi connectivity index (χ0v) is 23.1. The van der Waals surface area contributed by atoms with Gasteiger partial charge >= 0.3 is 5.97 Å². The van der Waals surface area contributed by atoms with Crippen molar-refractivity contribution in [2.75, 3.05) is 24.7 Å². The van der Waals surface area contributed by atoms with Crippen LogP contribution in [0.2, 0.25) is 0 Å². The lowest BCUT2D eigenvalue weighted by Crippen LogP contribution is -2.29. The van der Waals surface area contributed by atoms with Crippen molar-refractivity contribution in [2.45, 2.75) is 40.2 Å². The lowest BCUT2D eigenvalue weighted by atomic mass is 9.94. The number of ketones is 1. The Morgan fingerprint density at radius 1 is 0.925 bits per heavy atom. The minimum atomic E-state index is -0.918. The molecule has 0 saturated carbocycles. The minimum absolute atomic E-state index is 0.0628. The number of hydrogen-bond donors (Lipinski definition) is 1. The molecule has 3 aromatic carbocycles. The molecule has 1 aliphatic heterocycles. The van der Waals surface area contributed by atoms with Crippen molar-refractivity contribution in [3.63, 3.8) is 0 Å². The van der Waals surface area contributed by atoms with Crippen LogP contribution in [-0.4, -0.2) is 42.6 Å². The summed E-state index contributed by atoms with van der Waals surface area (Å²) >= 11 is 0. The summed E-state index contributed by atoms with van der Waals surface area (Å²) in [5.74, 6) is -1.56. The van der Waals surface area contributed by atoms with E-state index in [-0.39, 0.29) is 16.9 Å². The molecule has 1 unspecified atom stereocenters. The SMILES string of the molecule is CCCOC(=O)c1ccc(N2C(=O)C(=O)/C(=C(\O)c3ccc(OCC)cc3OCC)C2c2cccc(C)c2)cc1. The summed E-state index contributed by atoms with van der Waals surface area (Å²) < 4.78 is 16.6. The molecule has 1 N–H and O–H groups in total. The quantitative estimate of drug-likeness (QED) is 0.145. The van der Waals surface area contributed by atoms with Crippen LogP contribution in [0.1, 0.15) is 60.3 Å². The van der Waals surface area contributed by atoms with Gasteiger partial charge in [-0.3, -0.25) is 14.5 Å². The highest BCUT2D eigenvalue weighted by Gasteiger charge is 2.47. The van der Waals surface area contributed by atoms with Gasteiger partial charge in [-0.1, -0.05) is 36.8 Å². The van der Waals surface area contributed by atoms with Crippen LogP contribution in [-0.2, 0) is 14.3 Å². The number of carbonyl (C=O) groups excluding carboxylic acids is 3. The highest BCUT2D eigenvalue weighted by Crippen LogP contribution is 2.44. The highest BCUT2D eigenvalue weighted by atomic mass is 16.5. The first-order valence-electron chi connectivity index (χ1n) is 13.3. The fraction of sp³-hybridized carbons (Fsp3) is 0.281. The molecular formula is C32H33NO7. The lowest BCUT2D eigenvalue weighted by molar-refractivity contribution is -0.132. The molecule has 0 spiro atoms. The van der Waals surface area contributed by atoms with E-state index in [9.17, 15) is 19.5 Å². The highest BCUT2D eigenvalue weighted by molar-refractivity contribution is 6.51. The number of hydrogen-bond acceptors (Lipinski definition) is 7. The molecule has 1 fully saturated rings. The van der Waals surface area contributed by atoms with E-state index < -0.39 is 23.7 Å². The number of nitrogens with zero attached hydrogens (tertiary/aromatic N) is 1. The lowest BCUT2D eigenvalue weighted by Gasteiger charge is -2.26. The van der Waals surface area contributed by atoms with Crippen molar-refractivity contribution in [1.82, 2.24) is 0 Å². The van der Waals surface area contributed by atoms with Crippen LogP contribution in [0, 0.1) is 6.92 Å². The van der Waals surface area contributed by atoms with Crippen molar-refractivity contribution >= 4 is 29.1 Å². The van der Waals surface area contributed by atoms with E-state index in [0.29, 0.717) is 54.6 Å². The van der Waals surface area contributed by atoms with E-state index in [0.717, 1.165) is 5.56 Å². The predicted octanol–water partition coefficient (Wildman–Crippen LogP) is 5.99. The third kappa shape index (κ3) is 5.71. The summed E-state index contributed by atoms with van der Waals surface area (Å²) in [5.41, 5.74) is 2.51. The fourth-order valence-corrected chi connectivity index (χ4v) is 4.67. The summed E-state index contributed by atoms with van der Waals surface area (Å²) in [4.78, 5) is 40.7. The number of amides is 1. The Labute approximate surface area is 233 Å². The van der Waals surface area contributed by atoms with E-state index in [1.165, 1.54) is 4.90 Å². The Bertz CT molecular complexity index is 1440. The molecule has 1 saturated heterocycles. The van der Waals surface area contributed by atoms with Crippen molar-refractivity contribution in [2.24, 2.45) is 0 Å². The van der Waals surface area contributed by atoms with Gasteiger partial charge in [0.05, 0.1) is 42.6 Å². The van der Waals surface area contributed by atoms with E-state index >= 15 is 0 Å². The monoisotopic (exact) mass is 543 g/mol. The summed E-state index contributed by atoms with van der Waals surface area (Å²) in [5, 5.41) is 11.6. The van der Waals surface area contributed by atoms with Gasteiger partial charge < -0.3 is 19.3 Å². The normalized spacial score (nSPS) is 16.2. The Hall–Kier alpha value is -4.59. The molecule has 0 aliphatic carbocycles. The van der Waals surface area contributed by atoms with Crippen molar-refractivity contribution < 1.29 is 33.7 Å². The summed E-state index contributed by atoms with van der Waals surface area (Å²) in [7, 11) is 0. The van der Waals surface area contributed by atoms with Crippen molar-refractivity contribution in [1.29, 1.82) is 0 Å². The minimum Gasteiger partial charge on any atom is -0.507 e. The predicted molar refractivity (Wildman–Crippen MR) is 152 cm³/mol. The second-order valence-electron chi connectivity index (χ2n) is 9.29.